The lowest BCUT2D eigenvalue weighted by atomic mass is 9.73. The van der Waals surface area contributed by atoms with Crippen molar-refractivity contribution < 1.29 is 18.3 Å². The summed E-state index contributed by atoms with van der Waals surface area (Å²) in [6.07, 6.45) is 0.510. The van der Waals surface area contributed by atoms with Crippen molar-refractivity contribution in [1.29, 1.82) is 0 Å². The normalized spacial score (nSPS) is 27.5. The molecule has 5 nitrogen and oxygen atoms in total. The molecule has 0 aromatic carbocycles. The predicted molar refractivity (Wildman–Crippen MR) is 56.2 cm³/mol. The van der Waals surface area contributed by atoms with Crippen LogP contribution >= 0.6 is 0 Å². The van der Waals surface area contributed by atoms with E-state index in [1.54, 1.807) is 13.8 Å². The van der Waals surface area contributed by atoms with E-state index in [0.717, 1.165) is 0 Å². The van der Waals surface area contributed by atoms with E-state index in [1.807, 2.05) is 0 Å². The molecule has 0 saturated carbocycles. The maximum atomic E-state index is 11.3. The average Bonchev–Trinajstić information content (AvgIpc) is 2.45. The summed E-state index contributed by atoms with van der Waals surface area (Å²) < 4.78 is 22.6. The van der Waals surface area contributed by atoms with Crippen molar-refractivity contribution in [1.82, 2.24) is 0 Å². The molecular formula is C9H17NO4S. The topological polar surface area (TPSA) is 97.5 Å². The molecule has 1 heterocycles. The smallest absolute Gasteiger partial charge is 0.321 e. The molecule has 1 fully saturated rings. The zero-order chi connectivity index (χ0) is 11.9. The van der Waals surface area contributed by atoms with Gasteiger partial charge in [-0.2, -0.15) is 0 Å². The summed E-state index contributed by atoms with van der Waals surface area (Å²) in [5, 5.41) is 8.83. The van der Waals surface area contributed by atoms with Gasteiger partial charge in [-0.25, -0.2) is 8.42 Å². The van der Waals surface area contributed by atoms with Crippen LogP contribution in [0.1, 0.15) is 20.3 Å². The quantitative estimate of drug-likeness (QED) is 0.709. The van der Waals surface area contributed by atoms with Crippen LogP contribution in [0.5, 0.6) is 0 Å². The number of hydrogen-bond acceptors (Lipinski definition) is 4. The molecule has 2 unspecified atom stereocenters. The van der Waals surface area contributed by atoms with Gasteiger partial charge in [0.1, 0.15) is 6.04 Å². The minimum absolute atomic E-state index is 0.0565. The molecular weight excluding hydrogens is 218 g/mol. The van der Waals surface area contributed by atoms with Crippen LogP contribution in [0.4, 0.5) is 0 Å². The molecule has 88 valence electrons. The minimum atomic E-state index is -2.99. The van der Waals surface area contributed by atoms with Crippen molar-refractivity contribution >= 4 is 15.8 Å². The highest BCUT2D eigenvalue weighted by Crippen LogP contribution is 2.37. The molecule has 0 spiro atoms. The van der Waals surface area contributed by atoms with Gasteiger partial charge in [-0.15, -0.1) is 0 Å². The van der Waals surface area contributed by atoms with Gasteiger partial charge in [-0.05, 0) is 17.8 Å². The Labute approximate surface area is 89.6 Å². The Bertz CT molecular complexity index is 360. The average molecular weight is 235 g/mol. The standard InChI is InChI=1S/C9H17NO4S/c1-9(2,7(10)8(11)12)6-3-4-15(13,14)5-6/h6-7H,3-5,10H2,1-2H3,(H,11,12). The van der Waals surface area contributed by atoms with Crippen LogP contribution < -0.4 is 5.73 Å². The van der Waals surface area contributed by atoms with E-state index < -0.39 is 27.3 Å². The highest BCUT2D eigenvalue weighted by atomic mass is 32.2. The lowest BCUT2D eigenvalue weighted by Gasteiger charge is -2.34. The lowest BCUT2D eigenvalue weighted by Crippen LogP contribution is -2.48. The lowest BCUT2D eigenvalue weighted by molar-refractivity contribution is -0.142. The van der Waals surface area contributed by atoms with Crippen molar-refractivity contribution in [2.75, 3.05) is 11.5 Å². The molecule has 2 atom stereocenters. The molecule has 0 aromatic heterocycles. The van der Waals surface area contributed by atoms with E-state index in [2.05, 4.69) is 0 Å². The SMILES string of the molecule is CC(C)(C1CCS(=O)(=O)C1)C(N)C(=O)O. The molecule has 1 aliphatic heterocycles. The Hall–Kier alpha value is -0.620. The Kier molecular flexibility index (Phi) is 3.11. The molecule has 0 radical (unpaired) electrons. The van der Waals surface area contributed by atoms with Crippen LogP contribution in [0.25, 0.3) is 0 Å². The predicted octanol–water partition coefficient (Wildman–Crippen LogP) is -0.141. The van der Waals surface area contributed by atoms with E-state index in [-0.39, 0.29) is 17.4 Å². The highest BCUT2D eigenvalue weighted by Gasteiger charge is 2.44. The van der Waals surface area contributed by atoms with Crippen LogP contribution in [0.2, 0.25) is 0 Å². The fourth-order valence-corrected chi connectivity index (χ4v) is 3.97. The molecule has 1 saturated heterocycles. The van der Waals surface area contributed by atoms with E-state index in [4.69, 9.17) is 10.8 Å². The first-order chi connectivity index (χ1) is 6.67. The Morgan fingerprint density at radius 3 is 2.40 bits per heavy atom. The second-order valence-corrected chi connectivity index (χ2v) is 6.97. The number of nitrogens with two attached hydrogens (primary N) is 1. The van der Waals surface area contributed by atoms with Gasteiger partial charge in [0.2, 0.25) is 0 Å². The van der Waals surface area contributed by atoms with Crippen molar-refractivity contribution in [3.05, 3.63) is 0 Å². The van der Waals surface area contributed by atoms with Gasteiger partial charge < -0.3 is 10.8 Å². The number of sulfone groups is 1. The van der Waals surface area contributed by atoms with Gasteiger partial charge in [-0.1, -0.05) is 13.8 Å². The highest BCUT2D eigenvalue weighted by molar-refractivity contribution is 7.91. The molecule has 6 heteroatoms. The van der Waals surface area contributed by atoms with Crippen molar-refractivity contribution in [2.24, 2.45) is 17.1 Å². The molecule has 1 rings (SSSR count). The van der Waals surface area contributed by atoms with Crippen LogP contribution in [-0.2, 0) is 14.6 Å². The molecule has 3 N–H and O–H groups in total. The van der Waals surface area contributed by atoms with Gasteiger partial charge in [0.15, 0.2) is 9.84 Å². The number of rotatable bonds is 3. The first-order valence-corrected chi connectivity index (χ1v) is 6.68. The van der Waals surface area contributed by atoms with Crippen LogP contribution in [0, 0.1) is 11.3 Å². The Morgan fingerprint density at radius 2 is 2.07 bits per heavy atom. The molecule has 1 aliphatic rings. The Balaban J connectivity index is 2.84. The third-order valence-electron chi connectivity index (χ3n) is 3.35. The number of hydrogen-bond donors (Lipinski definition) is 2. The summed E-state index contributed by atoms with van der Waals surface area (Å²) >= 11 is 0. The van der Waals surface area contributed by atoms with Gasteiger partial charge in [0.05, 0.1) is 11.5 Å². The summed E-state index contributed by atoms with van der Waals surface area (Å²) in [5.41, 5.74) is 4.88. The first kappa shape index (κ1) is 12.4. The van der Waals surface area contributed by atoms with Crippen LogP contribution in [0.15, 0.2) is 0 Å². The van der Waals surface area contributed by atoms with Crippen LogP contribution in [-0.4, -0.2) is 37.0 Å². The van der Waals surface area contributed by atoms with E-state index in [0.29, 0.717) is 6.42 Å². The molecule has 15 heavy (non-hydrogen) atoms. The second kappa shape index (κ2) is 3.75. The van der Waals surface area contributed by atoms with Gasteiger partial charge in [0, 0.05) is 0 Å². The monoisotopic (exact) mass is 235 g/mol. The van der Waals surface area contributed by atoms with Gasteiger partial charge in [-0.3, -0.25) is 4.79 Å². The summed E-state index contributed by atoms with van der Waals surface area (Å²) in [6, 6.07) is -1.02. The zero-order valence-corrected chi connectivity index (χ0v) is 9.75. The zero-order valence-electron chi connectivity index (χ0n) is 8.93. The maximum absolute atomic E-state index is 11.3. The number of carboxylic acids is 1. The van der Waals surface area contributed by atoms with E-state index in [1.165, 1.54) is 0 Å². The number of carboxylic acid groups (broad SMARTS) is 1. The maximum Gasteiger partial charge on any atom is 0.321 e. The third kappa shape index (κ3) is 2.49. The number of carbonyl (C=O) groups is 1. The summed E-state index contributed by atoms with van der Waals surface area (Å²) in [6.45, 7) is 3.44. The number of aliphatic carboxylic acids is 1. The molecule has 0 aliphatic carbocycles. The fraction of sp³-hybridized carbons (Fsp3) is 0.889. The van der Waals surface area contributed by atoms with Gasteiger partial charge >= 0.3 is 5.97 Å². The molecule has 0 aromatic rings. The van der Waals surface area contributed by atoms with Crippen molar-refractivity contribution in [3.63, 3.8) is 0 Å². The summed E-state index contributed by atoms with van der Waals surface area (Å²) in [4.78, 5) is 10.8. The fourth-order valence-electron chi connectivity index (χ4n) is 1.95. The molecule has 0 amide bonds. The molecule has 0 bridgehead atoms. The summed E-state index contributed by atoms with van der Waals surface area (Å²) in [5.74, 6) is -1.04. The minimum Gasteiger partial charge on any atom is -0.480 e. The third-order valence-corrected chi connectivity index (χ3v) is 5.12. The second-order valence-electron chi connectivity index (χ2n) is 4.74. The van der Waals surface area contributed by atoms with Crippen LogP contribution in [0.3, 0.4) is 0 Å². The van der Waals surface area contributed by atoms with E-state index in [9.17, 15) is 13.2 Å². The van der Waals surface area contributed by atoms with Gasteiger partial charge in [0.25, 0.3) is 0 Å². The van der Waals surface area contributed by atoms with E-state index >= 15 is 0 Å². The first-order valence-electron chi connectivity index (χ1n) is 4.85. The van der Waals surface area contributed by atoms with Crippen molar-refractivity contribution in [2.45, 2.75) is 26.3 Å². The van der Waals surface area contributed by atoms with Crippen molar-refractivity contribution in [3.8, 4) is 0 Å². The largest absolute Gasteiger partial charge is 0.480 e. The Morgan fingerprint density at radius 1 is 1.53 bits per heavy atom. The summed E-state index contributed by atoms with van der Waals surface area (Å²) in [7, 11) is -2.99.